The Morgan fingerprint density at radius 1 is 1.10 bits per heavy atom. The number of fused-ring (bicyclic) bond motifs is 1. The van der Waals surface area contributed by atoms with E-state index in [1.54, 1.807) is 0 Å². The fourth-order valence-corrected chi connectivity index (χ4v) is 4.17. The normalized spacial score (nSPS) is 21.7. The molecule has 116 valence electrons. The van der Waals surface area contributed by atoms with Crippen LogP contribution < -0.4 is 14.8 Å². The predicted octanol–water partition coefficient (Wildman–Crippen LogP) is 1.51. The fraction of sp³-hybridized carbons (Fsp3) is 0.600. The van der Waals surface area contributed by atoms with Gasteiger partial charge in [-0.05, 0) is 30.5 Å². The van der Waals surface area contributed by atoms with E-state index in [0.717, 1.165) is 30.0 Å². The molecule has 1 N–H and O–H groups in total. The zero-order chi connectivity index (χ0) is 14.7. The Hall–Kier alpha value is -1.27. The van der Waals surface area contributed by atoms with E-state index >= 15 is 0 Å². The van der Waals surface area contributed by atoms with Crippen LogP contribution in [0.25, 0.3) is 0 Å². The molecule has 0 aromatic heterocycles. The lowest BCUT2D eigenvalue weighted by Crippen LogP contribution is -2.37. The molecule has 2 aliphatic heterocycles. The van der Waals surface area contributed by atoms with E-state index in [9.17, 15) is 8.42 Å². The molecule has 0 bridgehead atoms. The number of ether oxygens (including phenoxy) is 2. The van der Waals surface area contributed by atoms with E-state index in [0.29, 0.717) is 37.6 Å². The van der Waals surface area contributed by atoms with E-state index in [4.69, 9.17) is 9.47 Å². The van der Waals surface area contributed by atoms with Crippen LogP contribution >= 0.6 is 0 Å². The van der Waals surface area contributed by atoms with Gasteiger partial charge in [-0.15, -0.1) is 0 Å². The monoisotopic (exact) mass is 311 g/mol. The molecule has 3 rings (SSSR count). The third kappa shape index (κ3) is 3.89. The van der Waals surface area contributed by atoms with Crippen LogP contribution in [0.4, 0.5) is 0 Å². The van der Waals surface area contributed by atoms with Gasteiger partial charge in [0.15, 0.2) is 11.5 Å². The minimum atomic E-state index is -2.79. The van der Waals surface area contributed by atoms with Crippen LogP contribution in [0.2, 0.25) is 0 Å². The van der Waals surface area contributed by atoms with E-state index < -0.39 is 9.84 Å². The summed E-state index contributed by atoms with van der Waals surface area (Å²) in [5.41, 5.74) is 1.13. The lowest BCUT2D eigenvalue weighted by molar-refractivity contribution is 0.297. The summed E-state index contributed by atoms with van der Waals surface area (Å²) in [6.45, 7) is 2.10. The molecule has 1 fully saturated rings. The fourth-order valence-electron chi connectivity index (χ4n) is 2.67. The smallest absolute Gasteiger partial charge is 0.161 e. The van der Waals surface area contributed by atoms with Crippen LogP contribution in [0.15, 0.2) is 18.2 Å². The molecule has 0 aliphatic carbocycles. The molecule has 0 saturated carbocycles. The number of hydrogen-bond acceptors (Lipinski definition) is 5. The van der Waals surface area contributed by atoms with Crippen molar-refractivity contribution in [1.82, 2.24) is 5.32 Å². The molecule has 6 heteroatoms. The van der Waals surface area contributed by atoms with Crippen molar-refractivity contribution in [3.8, 4) is 11.5 Å². The summed E-state index contributed by atoms with van der Waals surface area (Å²) in [7, 11) is -2.79. The molecule has 0 amide bonds. The molecule has 0 radical (unpaired) electrons. The van der Waals surface area contributed by atoms with Crippen LogP contribution in [-0.2, 0) is 16.4 Å². The quantitative estimate of drug-likeness (QED) is 0.917. The van der Waals surface area contributed by atoms with Crippen molar-refractivity contribution in [3.63, 3.8) is 0 Å². The summed E-state index contributed by atoms with van der Waals surface area (Å²) < 4.78 is 34.1. The Labute approximate surface area is 125 Å². The molecule has 0 atom stereocenters. The number of hydrogen-bond donors (Lipinski definition) is 1. The van der Waals surface area contributed by atoms with Crippen LogP contribution in [0.3, 0.4) is 0 Å². The van der Waals surface area contributed by atoms with Crippen molar-refractivity contribution < 1.29 is 17.9 Å². The summed E-state index contributed by atoms with van der Waals surface area (Å²) in [5.74, 6) is 2.20. The second kappa shape index (κ2) is 6.23. The Bertz CT molecular complexity index is 586. The van der Waals surface area contributed by atoms with Crippen LogP contribution in [0.5, 0.6) is 11.5 Å². The number of rotatable bonds is 3. The molecule has 2 heterocycles. The van der Waals surface area contributed by atoms with E-state index in [2.05, 4.69) is 5.32 Å². The highest BCUT2D eigenvalue weighted by Gasteiger charge is 2.23. The number of sulfone groups is 1. The van der Waals surface area contributed by atoms with Gasteiger partial charge in [-0.1, -0.05) is 6.07 Å². The van der Waals surface area contributed by atoms with Gasteiger partial charge >= 0.3 is 0 Å². The molecule has 0 unspecified atom stereocenters. The topological polar surface area (TPSA) is 64.6 Å². The minimum absolute atomic E-state index is 0.282. The average molecular weight is 311 g/mol. The van der Waals surface area contributed by atoms with Gasteiger partial charge in [-0.3, -0.25) is 0 Å². The van der Waals surface area contributed by atoms with Gasteiger partial charge in [-0.25, -0.2) is 8.42 Å². The zero-order valence-electron chi connectivity index (χ0n) is 12.0. The lowest BCUT2D eigenvalue weighted by atomic mass is 10.1. The van der Waals surface area contributed by atoms with Gasteiger partial charge in [-0.2, -0.15) is 0 Å². The van der Waals surface area contributed by atoms with Crippen molar-refractivity contribution in [3.05, 3.63) is 23.8 Å². The van der Waals surface area contributed by atoms with Crippen molar-refractivity contribution in [2.24, 2.45) is 0 Å². The van der Waals surface area contributed by atoms with Gasteiger partial charge in [0.25, 0.3) is 0 Å². The largest absolute Gasteiger partial charge is 0.490 e. The van der Waals surface area contributed by atoms with Crippen molar-refractivity contribution in [1.29, 1.82) is 0 Å². The SMILES string of the molecule is O=S1(=O)CCC(NCc2ccc3c(c2)OCCCO3)CC1. The van der Waals surface area contributed by atoms with Gasteiger partial charge in [0, 0.05) is 19.0 Å². The number of nitrogens with one attached hydrogen (secondary N) is 1. The maximum atomic E-state index is 11.4. The van der Waals surface area contributed by atoms with E-state index in [1.165, 1.54) is 0 Å². The maximum absolute atomic E-state index is 11.4. The second-order valence-electron chi connectivity index (χ2n) is 5.64. The van der Waals surface area contributed by atoms with E-state index in [1.807, 2.05) is 18.2 Å². The maximum Gasteiger partial charge on any atom is 0.161 e. The highest BCUT2D eigenvalue weighted by molar-refractivity contribution is 7.91. The average Bonchev–Trinajstić information content (AvgIpc) is 2.71. The highest BCUT2D eigenvalue weighted by Crippen LogP contribution is 2.30. The Morgan fingerprint density at radius 2 is 1.81 bits per heavy atom. The first-order valence-corrected chi connectivity index (χ1v) is 9.27. The number of benzene rings is 1. The van der Waals surface area contributed by atoms with Crippen molar-refractivity contribution in [2.75, 3.05) is 24.7 Å². The van der Waals surface area contributed by atoms with Gasteiger partial charge in [0.1, 0.15) is 9.84 Å². The van der Waals surface area contributed by atoms with Crippen LogP contribution in [0, 0.1) is 0 Å². The van der Waals surface area contributed by atoms with Gasteiger partial charge in [0.05, 0.1) is 24.7 Å². The molecule has 1 saturated heterocycles. The highest BCUT2D eigenvalue weighted by atomic mass is 32.2. The summed E-state index contributed by atoms with van der Waals surface area (Å²) in [5, 5.41) is 3.44. The Morgan fingerprint density at radius 3 is 2.57 bits per heavy atom. The Kier molecular flexibility index (Phi) is 4.35. The summed E-state index contributed by atoms with van der Waals surface area (Å²) in [6.07, 6.45) is 2.30. The first-order chi connectivity index (χ1) is 10.1. The molecule has 1 aromatic carbocycles. The van der Waals surface area contributed by atoms with Crippen molar-refractivity contribution >= 4 is 9.84 Å². The Balaban J connectivity index is 1.57. The first-order valence-electron chi connectivity index (χ1n) is 7.45. The zero-order valence-corrected chi connectivity index (χ0v) is 12.8. The minimum Gasteiger partial charge on any atom is -0.490 e. The van der Waals surface area contributed by atoms with Gasteiger partial charge < -0.3 is 14.8 Å². The van der Waals surface area contributed by atoms with Crippen LogP contribution in [-0.4, -0.2) is 39.2 Å². The van der Waals surface area contributed by atoms with Gasteiger partial charge in [0.2, 0.25) is 0 Å². The molecular weight excluding hydrogens is 290 g/mol. The standard InChI is InChI=1S/C15H21NO4S/c17-21(18)8-4-13(5-9-21)16-11-12-2-3-14-15(10-12)20-7-1-6-19-14/h2-3,10,13,16H,1,4-9,11H2. The van der Waals surface area contributed by atoms with E-state index in [-0.39, 0.29) is 6.04 Å². The third-order valence-corrected chi connectivity index (χ3v) is 5.68. The summed E-state index contributed by atoms with van der Waals surface area (Å²) in [4.78, 5) is 0. The lowest BCUT2D eigenvalue weighted by Gasteiger charge is -2.23. The first kappa shape index (κ1) is 14.7. The van der Waals surface area contributed by atoms with Crippen LogP contribution in [0.1, 0.15) is 24.8 Å². The third-order valence-electron chi connectivity index (χ3n) is 3.96. The molecule has 2 aliphatic rings. The molecule has 0 spiro atoms. The summed E-state index contributed by atoms with van der Waals surface area (Å²) >= 11 is 0. The predicted molar refractivity (Wildman–Crippen MR) is 80.6 cm³/mol. The van der Waals surface area contributed by atoms with Crippen molar-refractivity contribution in [2.45, 2.75) is 31.8 Å². The molecule has 1 aromatic rings. The molecule has 5 nitrogen and oxygen atoms in total. The summed E-state index contributed by atoms with van der Waals surface area (Å²) in [6, 6.07) is 6.26. The molecular formula is C15H21NO4S. The second-order valence-corrected chi connectivity index (χ2v) is 7.94. The molecule has 21 heavy (non-hydrogen) atoms.